The van der Waals surface area contributed by atoms with Gasteiger partial charge in [-0.1, -0.05) is 202 Å². The second-order valence-electron chi connectivity index (χ2n) is 18.0. The number of rotatable bonds is 4. The van der Waals surface area contributed by atoms with Gasteiger partial charge in [0.15, 0.2) is 0 Å². The van der Waals surface area contributed by atoms with Gasteiger partial charge in [-0.15, -0.1) is 0 Å². The molecule has 0 bridgehead atoms. The third-order valence-corrected chi connectivity index (χ3v) is 21.2. The van der Waals surface area contributed by atoms with Crippen molar-refractivity contribution in [3.63, 3.8) is 0 Å². The Morgan fingerprint density at radius 1 is 0.250 bits per heavy atom. The van der Waals surface area contributed by atoms with Crippen LogP contribution in [0, 0.1) is 0 Å². The maximum atomic E-state index is 2.55. The largest absolute Gasteiger partial charge is 0.113 e. The Bertz CT molecular complexity index is 3260. The van der Waals surface area contributed by atoms with Crippen LogP contribution in [0.15, 0.2) is 194 Å². The lowest BCUT2D eigenvalue weighted by Crippen LogP contribution is -2.49. The normalized spacial score (nSPS) is 14.3. The third-order valence-electron chi connectivity index (χ3n) is 14.1. The van der Waals surface area contributed by atoms with Gasteiger partial charge in [-0.3, -0.25) is 0 Å². The summed E-state index contributed by atoms with van der Waals surface area (Å²) < 4.78 is 0. The molecule has 2 aliphatic rings. The molecule has 2 aliphatic heterocycles. The van der Waals surface area contributed by atoms with Gasteiger partial charge in [0.25, 0.3) is 0 Å². The van der Waals surface area contributed by atoms with Crippen molar-refractivity contribution in [2.75, 3.05) is 0 Å². The van der Waals surface area contributed by atoms with Crippen molar-refractivity contribution in [3.05, 3.63) is 194 Å². The molecule has 2 heteroatoms. The van der Waals surface area contributed by atoms with Crippen LogP contribution in [0.4, 0.5) is 0 Å². The van der Waals surface area contributed by atoms with Crippen molar-refractivity contribution in [1.29, 1.82) is 0 Å². The predicted molar refractivity (Wildman–Crippen MR) is 265 cm³/mol. The van der Waals surface area contributed by atoms with Gasteiger partial charge in [-0.05, 0) is 138 Å². The average Bonchev–Trinajstić information content (AvgIpc) is 3.67. The lowest BCUT2D eigenvalue weighted by atomic mass is 9.82. The van der Waals surface area contributed by atoms with Crippen molar-refractivity contribution in [3.8, 4) is 66.8 Å². The molecule has 2 heterocycles. The lowest BCUT2D eigenvalue weighted by Gasteiger charge is -2.22. The van der Waals surface area contributed by atoms with Crippen molar-refractivity contribution < 1.29 is 0 Å². The Morgan fingerprint density at radius 3 is 1.27 bits per heavy atom. The maximum Gasteiger partial charge on any atom is 0.113 e. The van der Waals surface area contributed by atoms with Gasteiger partial charge in [0.1, 0.15) is 16.1 Å². The van der Waals surface area contributed by atoms with Gasteiger partial charge >= 0.3 is 0 Å². The van der Waals surface area contributed by atoms with Crippen LogP contribution in [0.3, 0.4) is 0 Å². The Hall–Kier alpha value is -6.59. The van der Waals surface area contributed by atoms with Crippen molar-refractivity contribution in [2.45, 2.75) is 26.2 Å². The predicted octanol–water partition coefficient (Wildman–Crippen LogP) is 13.4. The van der Waals surface area contributed by atoms with Gasteiger partial charge in [0, 0.05) is 0 Å². The highest BCUT2D eigenvalue weighted by atomic mass is 28.3. The van der Waals surface area contributed by atoms with Crippen LogP contribution in [0.1, 0.15) is 0 Å². The van der Waals surface area contributed by atoms with E-state index in [1.54, 1.807) is 0 Å². The van der Waals surface area contributed by atoms with Crippen LogP contribution in [-0.2, 0) is 0 Å². The van der Waals surface area contributed by atoms with Gasteiger partial charge in [-0.2, -0.15) is 0 Å². The Kier molecular flexibility index (Phi) is 7.64. The first-order valence-corrected chi connectivity index (χ1v) is 27.4. The van der Waals surface area contributed by atoms with Gasteiger partial charge in [0.2, 0.25) is 0 Å². The van der Waals surface area contributed by atoms with Crippen molar-refractivity contribution in [2.24, 2.45) is 0 Å². The summed E-state index contributed by atoms with van der Waals surface area (Å²) in [6.07, 6.45) is 0. The lowest BCUT2D eigenvalue weighted by molar-refractivity contribution is 1.63. The summed E-state index contributed by atoms with van der Waals surface area (Å²) in [6, 6.07) is 74.0. The van der Waals surface area contributed by atoms with Crippen LogP contribution in [0.2, 0.25) is 26.2 Å². The van der Waals surface area contributed by atoms with E-state index in [1.807, 2.05) is 0 Å². The average molecular weight is 797 g/mol. The fourth-order valence-corrected chi connectivity index (χ4v) is 17.4. The number of hydrogen-bond acceptors (Lipinski definition) is 0. The molecule has 0 radical (unpaired) electrons. The SMILES string of the molecule is C[Si]1(C)c2ccccc2-c2c(-c3cccc4c(-c5cc(-c6ccccc6)cc6ccccc56)c5cccc(-c6cccc7c6-c6ccccc6[Si]7(C)C)c5cc34)cccc21. The molecule has 0 N–H and O–H groups in total. The zero-order valence-corrected chi connectivity index (χ0v) is 36.5. The van der Waals surface area contributed by atoms with Crippen LogP contribution >= 0.6 is 0 Å². The second-order valence-corrected chi connectivity index (χ2v) is 26.6. The number of hydrogen-bond donors (Lipinski definition) is 0. The molecule has 0 fully saturated rings. The summed E-state index contributed by atoms with van der Waals surface area (Å²) in [5, 5.41) is 13.8. The van der Waals surface area contributed by atoms with E-state index >= 15 is 0 Å². The molecule has 12 rings (SSSR count). The van der Waals surface area contributed by atoms with Crippen LogP contribution < -0.4 is 20.7 Å². The topological polar surface area (TPSA) is 0 Å². The summed E-state index contributed by atoms with van der Waals surface area (Å²) in [6.45, 7) is 10.1. The smallest absolute Gasteiger partial charge is 0.0623 e. The molecular weight excluding hydrogens is 753 g/mol. The van der Waals surface area contributed by atoms with Gasteiger partial charge in [0.05, 0.1) is 0 Å². The molecule has 0 unspecified atom stereocenters. The first-order valence-electron chi connectivity index (χ1n) is 21.4. The van der Waals surface area contributed by atoms with E-state index in [1.165, 1.54) is 120 Å². The first kappa shape index (κ1) is 35.4. The molecule has 0 saturated heterocycles. The molecule has 10 aromatic carbocycles. The highest BCUT2D eigenvalue weighted by Crippen LogP contribution is 2.48. The molecule has 0 atom stereocenters. The molecule has 284 valence electrons. The number of benzene rings is 10. The summed E-state index contributed by atoms with van der Waals surface area (Å²) in [4.78, 5) is 0. The van der Waals surface area contributed by atoms with Crippen molar-refractivity contribution in [1.82, 2.24) is 0 Å². The quantitative estimate of drug-likeness (QED) is 0.123. The van der Waals surface area contributed by atoms with E-state index in [0.717, 1.165) is 0 Å². The fraction of sp³-hybridized carbons (Fsp3) is 0.0690. The molecule has 0 amide bonds. The standard InChI is InChI=1S/C58H44Si2/c1-59(2)52-30-12-10-22-47(52)57-43(28-16-32-54(57)59)41-24-14-26-45-49(41)36-50-42(44-29-17-33-55-58(44)48-23-11-13-31-53(48)60(55,3)4)25-15-27-46(50)56(45)51-35-39(37-18-6-5-7-19-37)34-38-20-8-9-21-40(38)51/h5-36H,1-4H3. The zero-order valence-electron chi connectivity index (χ0n) is 34.5. The van der Waals surface area contributed by atoms with Crippen LogP contribution in [-0.4, -0.2) is 16.1 Å². The summed E-state index contributed by atoms with van der Waals surface area (Å²) >= 11 is 0. The highest BCUT2D eigenvalue weighted by Gasteiger charge is 2.40. The molecule has 10 aromatic rings. The van der Waals surface area contributed by atoms with E-state index in [9.17, 15) is 0 Å². The molecular formula is C58H44Si2. The molecule has 0 saturated carbocycles. The minimum atomic E-state index is -1.89. The summed E-state index contributed by atoms with van der Waals surface area (Å²) in [5.74, 6) is 0. The van der Waals surface area contributed by atoms with Crippen LogP contribution in [0.5, 0.6) is 0 Å². The fourth-order valence-electron chi connectivity index (χ4n) is 11.2. The minimum absolute atomic E-state index is 1.23. The second kappa shape index (κ2) is 13.0. The Balaban J connectivity index is 1.24. The Labute approximate surface area is 354 Å². The zero-order chi connectivity index (χ0) is 40.3. The monoisotopic (exact) mass is 796 g/mol. The molecule has 60 heavy (non-hydrogen) atoms. The first-order chi connectivity index (χ1) is 29.3. The van der Waals surface area contributed by atoms with Gasteiger partial charge < -0.3 is 0 Å². The molecule has 0 spiro atoms. The van der Waals surface area contributed by atoms with Crippen LogP contribution in [0.25, 0.3) is 99.1 Å². The van der Waals surface area contributed by atoms with Crippen molar-refractivity contribution >= 4 is 69.2 Å². The maximum absolute atomic E-state index is 2.55. The van der Waals surface area contributed by atoms with E-state index in [4.69, 9.17) is 0 Å². The van der Waals surface area contributed by atoms with E-state index in [-0.39, 0.29) is 0 Å². The summed E-state index contributed by atoms with van der Waals surface area (Å²) in [7, 11) is -3.78. The summed E-state index contributed by atoms with van der Waals surface area (Å²) in [5.41, 5.74) is 15.9. The molecule has 0 aliphatic carbocycles. The van der Waals surface area contributed by atoms with E-state index in [0.29, 0.717) is 0 Å². The molecule has 0 aromatic heterocycles. The third kappa shape index (κ3) is 4.95. The van der Waals surface area contributed by atoms with E-state index in [2.05, 4.69) is 220 Å². The molecule has 0 nitrogen and oxygen atoms in total. The van der Waals surface area contributed by atoms with Gasteiger partial charge in [-0.25, -0.2) is 0 Å². The van der Waals surface area contributed by atoms with E-state index < -0.39 is 16.1 Å². The highest BCUT2D eigenvalue weighted by molar-refractivity contribution is 7.04. The minimum Gasteiger partial charge on any atom is -0.0623 e. The Morgan fingerprint density at radius 2 is 0.683 bits per heavy atom. The number of fused-ring (bicyclic) bond motifs is 9.